The van der Waals surface area contributed by atoms with Gasteiger partial charge in [-0.1, -0.05) is 41.6 Å². The van der Waals surface area contributed by atoms with Gasteiger partial charge >= 0.3 is 6.18 Å². The first-order valence-electron chi connectivity index (χ1n) is 6.80. The average molecular weight is 371 g/mol. The van der Waals surface area contributed by atoms with Gasteiger partial charge < -0.3 is 4.42 Å². The molecule has 0 radical (unpaired) electrons. The maximum absolute atomic E-state index is 12.7. The molecule has 3 aromatic rings. The largest absolute Gasteiger partial charge is 0.416 e. The zero-order chi connectivity index (χ0) is 17.2. The Morgan fingerprint density at radius 1 is 1.04 bits per heavy atom. The van der Waals surface area contributed by atoms with Crippen molar-refractivity contribution < 1.29 is 17.6 Å². The maximum Gasteiger partial charge on any atom is 0.416 e. The van der Waals surface area contributed by atoms with Crippen LogP contribution in [0.25, 0.3) is 11.5 Å². The van der Waals surface area contributed by atoms with E-state index in [4.69, 9.17) is 16.0 Å². The molecule has 0 unspecified atom stereocenters. The van der Waals surface area contributed by atoms with Gasteiger partial charge in [0, 0.05) is 16.3 Å². The van der Waals surface area contributed by atoms with Gasteiger partial charge in [0.05, 0.1) is 5.56 Å². The van der Waals surface area contributed by atoms with Crippen molar-refractivity contribution in [3.8, 4) is 11.5 Å². The summed E-state index contributed by atoms with van der Waals surface area (Å²) in [7, 11) is 0. The fraction of sp³-hybridized carbons (Fsp3) is 0.125. The van der Waals surface area contributed by atoms with Gasteiger partial charge in [-0.05, 0) is 35.9 Å². The lowest BCUT2D eigenvalue weighted by Gasteiger charge is -2.07. The molecule has 0 amide bonds. The topological polar surface area (TPSA) is 38.9 Å². The van der Waals surface area contributed by atoms with Crippen molar-refractivity contribution in [2.24, 2.45) is 0 Å². The molecule has 3 rings (SSSR count). The number of halogens is 4. The van der Waals surface area contributed by atoms with Crippen LogP contribution < -0.4 is 0 Å². The first-order chi connectivity index (χ1) is 11.4. The van der Waals surface area contributed by atoms with Crippen molar-refractivity contribution in [3.63, 3.8) is 0 Å². The quantitative estimate of drug-likeness (QED) is 0.552. The number of alkyl halides is 3. The molecule has 0 fully saturated rings. The molecule has 1 heterocycles. The Bertz CT molecular complexity index is 834. The number of hydrogen-bond donors (Lipinski definition) is 0. The summed E-state index contributed by atoms with van der Waals surface area (Å²) in [5.41, 5.74) is 0.576. The molecule has 8 heteroatoms. The zero-order valence-corrected chi connectivity index (χ0v) is 13.6. The summed E-state index contributed by atoms with van der Waals surface area (Å²) < 4.78 is 43.6. The van der Waals surface area contributed by atoms with Gasteiger partial charge in [-0.2, -0.15) is 13.2 Å². The minimum Gasteiger partial charge on any atom is -0.411 e. The molecule has 0 N–H and O–H groups in total. The molecule has 124 valence electrons. The zero-order valence-electron chi connectivity index (χ0n) is 12.0. The van der Waals surface area contributed by atoms with Crippen molar-refractivity contribution in [1.82, 2.24) is 10.2 Å². The van der Waals surface area contributed by atoms with Crippen molar-refractivity contribution in [2.75, 3.05) is 0 Å². The van der Waals surface area contributed by atoms with Crippen LogP contribution in [-0.2, 0) is 11.9 Å². The van der Waals surface area contributed by atoms with E-state index >= 15 is 0 Å². The molecule has 0 bridgehead atoms. The van der Waals surface area contributed by atoms with E-state index in [-0.39, 0.29) is 5.22 Å². The molecule has 24 heavy (non-hydrogen) atoms. The first kappa shape index (κ1) is 16.9. The SMILES string of the molecule is FC(F)(F)c1cccc(CSc2nnc(-c3ccc(Cl)cc3)o2)c1. The molecule has 0 aliphatic heterocycles. The highest BCUT2D eigenvalue weighted by molar-refractivity contribution is 7.98. The Labute approximate surface area is 144 Å². The van der Waals surface area contributed by atoms with Crippen molar-refractivity contribution in [1.29, 1.82) is 0 Å². The Hall–Kier alpha value is -1.99. The van der Waals surface area contributed by atoms with E-state index < -0.39 is 11.7 Å². The lowest BCUT2D eigenvalue weighted by Crippen LogP contribution is -2.04. The van der Waals surface area contributed by atoms with Gasteiger partial charge in [0.15, 0.2) is 0 Å². The molecule has 0 aliphatic carbocycles. The standard InChI is InChI=1S/C16H10ClF3N2OS/c17-13-6-4-11(5-7-13)14-21-22-15(23-14)24-9-10-2-1-3-12(8-10)16(18,19)20/h1-8H,9H2. The molecular formula is C16H10ClF3N2OS. The smallest absolute Gasteiger partial charge is 0.411 e. The monoisotopic (exact) mass is 370 g/mol. The number of rotatable bonds is 4. The van der Waals surface area contributed by atoms with Crippen LogP contribution in [0.15, 0.2) is 58.2 Å². The summed E-state index contributed by atoms with van der Waals surface area (Å²) in [6.45, 7) is 0. The van der Waals surface area contributed by atoms with Crippen LogP contribution in [0.5, 0.6) is 0 Å². The first-order valence-corrected chi connectivity index (χ1v) is 8.16. The van der Waals surface area contributed by atoms with Crippen LogP contribution in [0.3, 0.4) is 0 Å². The van der Waals surface area contributed by atoms with E-state index in [0.29, 0.717) is 22.2 Å². The minimum atomic E-state index is -4.35. The van der Waals surface area contributed by atoms with Crippen LogP contribution >= 0.6 is 23.4 Å². The van der Waals surface area contributed by atoms with Crippen LogP contribution in [0.1, 0.15) is 11.1 Å². The molecule has 1 aromatic heterocycles. The number of benzene rings is 2. The Morgan fingerprint density at radius 2 is 1.79 bits per heavy atom. The third-order valence-electron chi connectivity index (χ3n) is 3.11. The molecule has 3 nitrogen and oxygen atoms in total. The fourth-order valence-corrected chi connectivity index (χ4v) is 2.79. The minimum absolute atomic E-state index is 0.289. The van der Waals surface area contributed by atoms with Gasteiger partial charge in [-0.3, -0.25) is 0 Å². The molecule has 0 spiro atoms. The number of thioether (sulfide) groups is 1. The van der Waals surface area contributed by atoms with E-state index in [1.807, 2.05) is 0 Å². The molecule has 0 saturated heterocycles. The summed E-state index contributed by atoms with van der Waals surface area (Å²) in [4.78, 5) is 0. The van der Waals surface area contributed by atoms with Gasteiger partial charge in [0.25, 0.3) is 5.22 Å². The summed E-state index contributed by atoms with van der Waals surface area (Å²) in [5.74, 6) is 0.629. The van der Waals surface area contributed by atoms with E-state index in [1.54, 1.807) is 30.3 Å². The molecular weight excluding hydrogens is 361 g/mol. The normalized spacial score (nSPS) is 11.7. The lowest BCUT2D eigenvalue weighted by molar-refractivity contribution is -0.137. The Balaban J connectivity index is 1.69. The third kappa shape index (κ3) is 4.10. The second-order valence-electron chi connectivity index (χ2n) is 4.87. The Kier molecular flexibility index (Phi) is 4.82. The highest BCUT2D eigenvalue weighted by Gasteiger charge is 2.30. The number of hydrogen-bond acceptors (Lipinski definition) is 4. The predicted octanol–water partition coefficient (Wildman–Crippen LogP) is 5.70. The summed E-state index contributed by atoms with van der Waals surface area (Å²) in [5, 5.41) is 8.70. The predicted molar refractivity (Wildman–Crippen MR) is 85.7 cm³/mol. The Morgan fingerprint density at radius 3 is 2.50 bits per heavy atom. The fourth-order valence-electron chi connectivity index (χ4n) is 1.96. The van der Waals surface area contributed by atoms with E-state index in [2.05, 4.69) is 10.2 Å². The summed E-state index contributed by atoms with van der Waals surface area (Å²) in [6.07, 6.45) is -4.35. The van der Waals surface area contributed by atoms with Crippen LogP contribution in [-0.4, -0.2) is 10.2 Å². The summed E-state index contributed by atoms with van der Waals surface area (Å²) in [6, 6.07) is 12.1. The van der Waals surface area contributed by atoms with Gasteiger partial charge in [0.1, 0.15) is 0 Å². The number of nitrogens with zero attached hydrogens (tertiary/aromatic N) is 2. The van der Waals surface area contributed by atoms with Crippen molar-refractivity contribution >= 4 is 23.4 Å². The van der Waals surface area contributed by atoms with Crippen LogP contribution in [0.2, 0.25) is 5.02 Å². The van der Waals surface area contributed by atoms with E-state index in [0.717, 1.165) is 17.7 Å². The molecule has 0 saturated carbocycles. The molecule has 0 aliphatic rings. The maximum atomic E-state index is 12.7. The van der Waals surface area contributed by atoms with Crippen LogP contribution in [0, 0.1) is 0 Å². The number of aromatic nitrogens is 2. The summed E-state index contributed by atoms with van der Waals surface area (Å²) >= 11 is 6.99. The van der Waals surface area contributed by atoms with Gasteiger partial charge in [-0.25, -0.2) is 0 Å². The van der Waals surface area contributed by atoms with Gasteiger partial charge in [-0.15, -0.1) is 10.2 Å². The molecule has 2 aromatic carbocycles. The van der Waals surface area contributed by atoms with E-state index in [1.165, 1.54) is 17.8 Å². The third-order valence-corrected chi connectivity index (χ3v) is 4.26. The lowest BCUT2D eigenvalue weighted by atomic mass is 10.1. The average Bonchev–Trinajstić information content (AvgIpc) is 3.02. The van der Waals surface area contributed by atoms with Crippen LogP contribution in [0.4, 0.5) is 13.2 Å². The highest BCUT2D eigenvalue weighted by atomic mass is 35.5. The van der Waals surface area contributed by atoms with Crippen molar-refractivity contribution in [3.05, 3.63) is 64.7 Å². The molecule has 0 atom stereocenters. The van der Waals surface area contributed by atoms with E-state index in [9.17, 15) is 13.2 Å². The second kappa shape index (κ2) is 6.86. The highest BCUT2D eigenvalue weighted by Crippen LogP contribution is 2.31. The van der Waals surface area contributed by atoms with Crippen molar-refractivity contribution in [2.45, 2.75) is 17.2 Å². The second-order valence-corrected chi connectivity index (χ2v) is 6.23. The van der Waals surface area contributed by atoms with Gasteiger partial charge in [0.2, 0.25) is 5.89 Å².